The van der Waals surface area contributed by atoms with E-state index in [1.165, 1.54) is 19.2 Å². The normalized spacial score (nSPS) is 9.21. The minimum atomic E-state index is -0.656. The number of benzene rings is 1. The molecule has 6 heteroatoms. The van der Waals surface area contributed by atoms with Gasteiger partial charge in [0.15, 0.2) is 5.75 Å². The van der Waals surface area contributed by atoms with Gasteiger partial charge < -0.3 is 4.74 Å². The van der Waals surface area contributed by atoms with Crippen LogP contribution in [0.3, 0.4) is 0 Å². The second kappa shape index (κ2) is 3.98. The quantitative estimate of drug-likeness (QED) is 0.458. The highest BCUT2D eigenvalue weighted by Gasteiger charge is 2.22. The van der Waals surface area contributed by atoms with Gasteiger partial charge in [0.25, 0.3) is 0 Å². The van der Waals surface area contributed by atoms with Crippen molar-refractivity contribution in [2.45, 2.75) is 4.90 Å². The molecule has 0 unspecified atom stereocenters. The molecular formula is C8H6N2O3S. The molecule has 1 aromatic rings. The Hall–Kier alpha value is -1.74. The molecule has 0 atom stereocenters. The highest BCUT2D eigenvalue weighted by atomic mass is 32.1. The number of thiol groups is 1. The summed E-state index contributed by atoms with van der Waals surface area (Å²) < 4.78 is 4.78. The molecule has 0 saturated heterocycles. The van der Waals surface area contributed by atoms with Crippen molar-refractivity contribution in [1.29, 1.82) is 5.26 Å². The zero-order chi connectivity index (χ0) is 10.7. The van der Waals surface area contributed by atoms with Gasteiger partial charge in [-0.25, -0.2) is 0 Å². The van der Waals surface area contributed by atoms with Gasteiger partial charge in [0, 0.05) is 4.90 Å². The summed E-state index contributed by atoms with van der Waals surface area (Å²) >= 11 is 3.95. The molecule has 0 fully saturated rings. The Morgan fingerprint density at radius 3 is 2.71 bits per heavy atom. The average molecular weight is 210 g/mol. The second-order valence-corrected chi connectivity index (χ2v) is 2.86. The molecule has 0 aliphatic heterocycles. The van der Waals surface area contributed by atoms with E-state index in [4.69, 9.17) is 10.00 Å². The predicted molar refractivity (Wildman–Crippen MR) is 51.6 cm³/mol. The van der Waals surface area contributed by atoms with Crippen LogP contribution in [-0.4, -0.2) is 12.0 Å². The number of hydrogen-bond acceptors (Lipinski definition) is 5. The van der Waals surface area contributed by atoms with E-state index < -0.39 is 4.92 Å². The van der Waals surface area contributed by atoms with E-state index in [2.05, 4.69) is 12.6 Å². The van der Waals surface area contributed by atoms with Gasteiger partial charge in [-0.05, 0) is 12.1 Å². The van der Waals surface area contributed by atoms with Crippen LogP contribution in [0, 0.1) is 21.4 Å². The third-order valence-electron chi connectivity index (χ3n) is 1.63. The number of nitrogens with zero attached hydrogens (tertiary/aromatic N) is 2. The first kappa shape index (κ1) is 10.3. The van der Waals surface area contributed by atoms with Crippen molar-refractivity contribution in [2.24, 2.45) is 0 Å². The number of nitriles is 1. The molecule has 1 aromatic carbocycles. The summed E-state index contributed by atoms with van der Waals surface area (Å²) in [6.07, 6.45) is 0. The third kappa shape index (κ3) is 1.63. The molecule has 0 spiro atoms. The van der Waals surface area contributed by atoms with Crippen molar-refractivity contribution in [3.63, 3.8) is 0 Å². The Balaban J connectivity index is 3.54. The largest absolute Gasteiger partial charge is 0.490 e. The molecule has 0 aliphatic rings. The molecule has 5 nitrogen and oxygen atoms in total. The van der Waals surface area contributed by atoms with Gasteiger partial charge in [-0.15, -0.1) is 12.6 Å². The fourth-order valence-electron chi connectivity index (χ4n) is 1.02. The van der Waals surface area contributed by atoms with Crippen molar-refractivity contribution >= 4 is 18.3 Å². The van der Waals surface area contributed by atoms with Crippen molar-refractivity contribution < 1.29 is 9.66 Å². The van der Waals surface area contributed by atoms with Crippen LogP contribution in [0.2, 0.25) is 0 Å². The van der Waals surface area contributed by atoms with Crippen molar-refractivity contribution in [3.05, 3.63) is 27.8 Å². The molecule has 0 aromatic heterocycles. The monoisotopic (exact) mass is 210 g/mol. The molecule has 0 N–H and O–H groups in total. The van der Waals surface area contributed by atoms with E-state index in [9.17, 15) is 10.1 Å². The van der Waals surface area contributed by atoms with Crippen LogP contribution in [0.4, 0.5) is 5.69 Å². The van der Waals surface area contributed by atoms with E-state index >= 15 is 0 Å². The molecule has 0 heterocycles. The highest BCUT2D eigenvalue weighted by Crippen LogP contribution is 2.33. The number of ether oxygens (including phenoxy) is 1. The first-order valence-electron chi connectivity index (χ1n) is 3.56. The summed E-state index contributed by atoms with van der Waals surface area (Å²) in [5.41, 5.74) is -0.430. The van der Waals surface area contributed by atoms with E-state index in [0.717, 1.165) is 0 Å². The summed E-state index contributed by atoms with van der Waals surface area (Å²) in [6, 6.07) is 4.61. The van der Waals surface area contributed by atoms with Gasteiger partial charge in [0.1, 0.15) is 11.6 Å². The maximum absolute atomic E-state index is 10.7. The van der Waals surface area contributed by atoms with Crippen molar-refractivity contribution in [2.75, 3.05) is 7.11 Å². The minimum absolute atomic E-state index is 0.0596. The average Bonchev–Trinajstić information content (AvgIpc) is 2.17. The molecule has 72 valence electrons. The summed E-state index contributed by atoms with van der Waals surface area (Å²) in [7, 11) is 1.31. The molecule has 0 saturated carbocycles. The van der Waals surface area contributed by atoms with Gasteiger partial charge in [-0.3, -0.25) is 10.1 Å². The van der Waals surface area contributed by atoms with Gasteiger partial charge in [0.05, 0.1) is 12.0 Å². The van der Waals surface area contributed by atoms with Crippen LogP contribution < -0.4 is 4.74 Å². The first-order chi connectivity index (χ1) is 6.61. The Bertz CT molecular complexity index is 425. The lowest BCUT2D eigenvalue weighted by Gasteiger charge is -2.03. The molecule has 14 heavy (non-hydrogen) atoms. The zero-order valence-corrected chi connectivity index (χ0v) is 8.12. The van der Waals surface area contributed by atoms with Crippen LogP contribution in [0.5, 0.6) is 5.75 Å². The van der Waals surface area contributed by atoms with E-state index in [1.54, 1.807) is 6.07 Å². The van der Waals surface area contributed by atoms with Crippen LogP contribution >= 0.6 is 12.6 Å². The van der Waals surface area contributed by atoms with Crippen LogP contribution in [0.25, 0.3) is 0 Å². The number of rotatable bonds is 2. The Morgan fingerprint density at radius 2 is 2.29 bits per heavy atom. The summed E-state index contributed by atoms with van der Waals surface area (Å²) in [5, 5.41) is 19.4. The molecule has 0 aliphatic carbocycles. The third-order valence-corrected chi connectivity index (χ3v) is 2.01. The fourth-order valence-corrected chi connectivity index (χ4v) is 1.25. The number of nitro groups is 1. The number of hydrogen-bond donors (Lipinski definition) is 1. The van der Waals surface area contributed by atoms with Gasteiger partial charge in [-0.2, -0.15) is 5.26 Å². The lowest BCUT2D eigenvalue weighted by atomic mass is 10.2. The summed E-state index contributed by atoms with van der Waals surface area (Å²) in [4.78, 5) is 10.3. The lowest BCUT2D eigenvalue weighted by molar-refractivity contribution is -0.386. The number of nitro benzene ring substituents is 1. The van der Waals surface area contributed by atoms with Crippen LogP contribution in [0.1, 0.15) is 5.56 Å². The van der Waals surface area contributed by atoms with Gasteiger partial charge >= 0.3 is 5.69 Å². The topological polar surface area (TPSA) is 76.2 Å². The zero-order valence-electron chi connectivity index (χ0n) is 7.22. The smallest absolute Gasteiger partial charge is 0.329 e. The maximum Gasteiger partial charge on any atom is 0.329 e. The van der Waals surface area contributed by atoms with Gasteiger partial charge in [-0.1, -0.05) is 0 Å². The molecular weight excluding hydrogens is 204 g/mol. The lowest BCUT2D eigenvalue weighted by Crippen LogP contribution is -1.97. The Morgan fingerprint density at radius 1 is 1.64 bits per heavy atom. The molecule has 0 bridgehead atoms. The van der Waals surface area contributed by atoms with Crippen molar-refractivity contribution in [1.82, 2.24) is 0 Å². The molecule has 0 amide bonds. The van der Waals surface area contributed by atoms with Crippen LogP contribution in [-0.2, 0) is 0 Å². The van der Waals surface area contributed by atoms with Gasteiger partial charge in [0.2, 0.25) is 0 Å². The number of methoxy groups -OCH3 is 1. The second-order valence-electron chi connectivity index (χ2n) is 2.38. The fraction of sp³-hybridized carbons (Fsp3) is 0.125. The summed E-state index contributed by atoms with van der Waals surface area (Å²) in [5.74, 6) is 0.0596. The predicted octanol–water partition coefficient (Wildman–Crippen LogP) is 1.76. The first-order valence-corrected chi connectivity index (χ1v) is 4.01. The van der Waals surface area contributed by atoms with E-state index in [1.807, 2.05) is 0 Å². The van der Waals surface area contributed by atoms with Crippen molar-refractivity contribution in [3.8, 4) is 11.8 Å². The standard InChI is InChI=1S/C8H6N2O3S/c1-13-6-2-3-7(14)5(4-9)8(6)10(11)12/h2-3,14H,1H3. The van der Waals surface area contributed by atoms with Crippen LogP contribution in [0.15, 0.2) is 17.0 Å². The Kier molecular flexibility index (Phi) is 2.94. The van der Waals surface area contributed by atoms with E-state index in [-0.39, 0.29) is 21.9 Å². The van der Waals surface area contributed by atoms with E-state index in [0.29, 0.717) is 0 Å². The maximum atomic E-state index is 10.7. The highest BCUT2D eigenvalue weighted by molar-refractivity contribution is 7.80. The molecule has 1 rings (SSSR count). The SMILES string of the molecule is COc1ccc(S)c(C#N)c1[N+](=O)[O-]. The molecule has 0 radical (unpaired) electrons. The summed E-state index contributed by atoms with van der Waals surface area (Å²) in [6.45, 7) is 0. The minimum Gasteiger partial charge on any atom is -0.490 e. The Labute approximate surface area is 85.5 Å².